The number of rotatable bonds is 11. The van der Waals surface area contributed by atoms with Crippen molar-refractivity contribution in [2.24, 2.45) is 10.8 Å². The van der Waals surface area contributed by atoms with Crippen molar-refractivity contribution in [3.63, 3.8) is 0 Å². The van der Waals surface area contributed by atoms with E-state index in [0.717, 1.165) is 5.56 Å². The number of aliphatic hydroxyl groups is 1. The van der Waals surface area contributed by atoms with Gasteiger partial charge in [0, 0.05) is 17.1 Å². The highest BCUT2D eigenvalue weighted by atomic mass is 16.6. The minimum Gasteiger partial charge on any atom is -0.456 e. The highest BCUT2D eigenvalue weighted by molar-refractivity contribution is 5.81. The van der Waals surface area contributed by atoms with E-state index in [4.69, 9.17) is 31.2 Å². The Labute approximate surface area is 221 Å². The van der Waals surface area contributed by atoms with Crippen molar-refractivity contribution in [2.45, 2.75) is 50.3 Å². The van der Waals surface area contributed by atoms with E-state index < -0.39 is 36.5 Å². The van der Waals surface area contributed by atoms with Gasteiger partial charge in [0.05, 0.1) is 12.9 Å². The molecule has 1 saturated heterocycles. The van der Waals surface area contributed by atoms with Gasteiger partial charge in [-0.25, -0.2) is 19.7 Å². The number of benzene rings is 1. The summed E-state index contributed by atoms with van der Waals surface area (Å²) in [6, 6.07) is 5.73. The molecule has 0 spiro atoms. The zero-order chi connectivity index (χ0) is 27.8. The lowest BCUT2D eigenvalue weighted by atomic mass is 10.1. The number of hydrogen-bond donors (Lipinski definition) is 4. The van der Waals surface area contributed by atoms with Gasteiger partial charge in [0.25, 0.3) is 0 Å². The van der Waals surface area contributed by atoms with E-state index in [1.54, 1.807) is 24.3 Å². The fourth-order valence-corrected chi connectivity index (χ4v) is 3.92. The van der Waals surface area contributed by atoms with Gasteiger partial charge in [0.15, 0.2) is 23.8 Å². The van der Waals surface area contributed by atoms with E-state index in [1.807, 2.05) is 0 Å². The normalized spacial score (nSPS) is 19.3. The average molecular weight is 541 g/mol. The molecular formula is C23H28N10O6. The van der Waals surface area contributed by atoms with Crippen LogP contribution >= 0.6 is 0 Å². The predicted octanol–water partition coefficient (Wildman–Crippen LogP) is 1.58. The van der Waals surface area contributed by atoms with E-state index in [2.05, 4.69) is 30.3 Å². The highest BCUT2D eigenvalue weighted by Gasteiger charge is 2.41. The van der Waals surface area contributed by atoms with Gasteiger partial charge in [-0.05, 0) is 30.4 Å². The van der Waals surface area contributed by atoms with Gasteiger partial charge in [-0.1, -0.05) is 29.4 Å². The van der Waals surface area contributed by atoms with E-state index in [0.29, 0.717) is 42.7 Å². The highest BCUT2D eigenvalue weighted by Crippen LogP contribution is 2.29. The number of nitrogens with one attached hydrogen (secondary N) is 1. The van der Waals surface area contributed by atoms with Crippen LogP contribution in [0.4, 0.5) is 16.3 Å². The first-order chi connectivity index (χ1) is 18.9. The van der Waals surface area contributed by atoms with Crippen LogP contribution in [0.15, 0.2) is 42.0 Å². The van der Waals surface area contributed by atoms with Gasteiger partial charge >= 0.3 is 12.1 Å². The van der Waals surface area contributed by atoms with E-state index >= 15 is 0 Å². The smallest absolute Gasteiger partial charge is 0.407 e. The number of amides is 1. The quantitative estimate of drug-likeness (QED) is 0.0894. The second-order valence-corrected chi connectivity index (χ2v) is 8.73. The summed E-state index contributed by atoms with van der Waals surface area (Å²) in [4.78, 5) is 39.2. The third kappa shape index (κ3) is 6.88. The SMILES string of the molecule is [N-]=[N+]=Nc1ccc(COC(=O)NCCCCC(N)C(=O)OC2COC(n3cnc4c(N)ncnc43)C2O)cc1. The maximum absolute atomic E-state index is 12.5. The zero-order valence-corrected chi connectivity index (χ0v) is 20.8. The average Bonchev–Trinajstić information content (AvgIpc) is 3.52. The summed E-state index contributed by atoms with van der Waals surface area (Å²) in [5, 5.41) is 16.8. The molecule has 4 rings (SSSR count). The zero-order valence-electron chi connectivity index (χ0n) is 20.8. The molecule has 6 N–H and O–H groups in total. The first-order valence-electron chi connectivity index (χ1n) is 12.1. The Morgan fingerprint density at radius 3 is 2.85 bits per heavy atom. The van der Waals surface area contributed by atoms with Crippen LogP contribution in [-0.2, 0) is 25.6 Å². The van der Waals surface area contributed by atoms with E-state index in [9.17, 15) is 14.7 Å². The Bertz CT molecular complexity index is 1340. The van der Waals surface area contributed by atoms with Crippen LogP contribution in [0.1, 0.15) is 31.1 Å². The minimum atomic E-state index is -1.17. The van der Waals surface area contributed by atoms with Gasteiger partial charge in [0.2, 0.25) is 0 Å². The molecule has 16 nitrogen and oxygen atoms in total. The molecule has 16 heteroatoms. The fraction of sp³-hybridized carbons (Fsp3) is 0.435. The molecule has 0 saturated carbocycles. The monoisotopic (exact) mass is 540 g/mol. The summed E-state index contributed by atoms with van der Waals surface area (Å²) < 4.78 is 17.7. The molecule has 206 valence electrons. The second kappa shape index (κ2) is 12.8. The van der Waals surface area contributed by atoms with Crippen molar-refractivity contribution in [1.82, 2.24) is 24.8 Å². The first-order valence-corrected chi connectivity index (χ1v) is 12.1. The molecule has 3 heterocycles. The lowest BCUT2D eigenvalue weighted by Gasteiger charge is -2.20. The Kier molecular flexibility index (Phi) is 9.06. The lowest BCUT2D eigenvalue weighted by Crippen LogP contribution is -2.39. The Balaban J connectivity index is 1.13. The van der Waals surface area contributed by atoms with Gasteiger partial charge in [-0.2, -0.15) is 0 Å². The van der Waals surface area contributed by atoms with Crippen molar-refractivity contribution in [2.75, 3.05) is 18.9 Å². The summed E-state index contributed by atoms with van der Waals surface area (Å²) in [7, 11) is 0. The molecule has 39 heavy (non-hydrogen) atoms. The van der Waals surface area contributed by atoms with Crippen LogP contribution in [0.2, 0.25) is 0 Å². The summed E-state index contributed by atoms with van der Waals surface area (Å²) in [5.41, 5.74) is 22.1. The number of ether oxygens (including phenoxy) is 3. The second-order valence-electron chi connectivity index (χ2n) is 8.73. The lowest BCUT2D eigenvalue weighted by molar-refractivity contribution is -0.154. The molecule has 3 aromatic rings. The first kappa shape index (κ1) is 27.5. The number of hydrogen-bond acceptors (Lipinski definition) is 12. The molecule has 0 bridgehead atoms. The Morgan fingerprint density at radius 1 is 1.28 bits per heavy atom. The molecule has 1 fully saturated rings. The number of aliphatic hydroxyl groups excluding tert-OH is 1. The van der Waals surface area contributed by atoms with E-state index in [-0.39, 0.29) is 19.0 Å². The van der Waals surface area contributed by atoms with E-state index in [1.165, 1.54) is 17.2 Å². The number of esters is 1. The number of nitrogen functional groups attached to an aromatic ring is 1. The molecule has 1 amide bonds. The van der Waals surface area contributed by atoms with Crippen molar-refractivity contribution in [3.8, 4) is 0 Å². The van der Waals surface area contributed by atoms with Crippen LogP contribution in [0, 0.1) is 0 Å². The number of anilines is 1. The number of imidazole rings is 1. The molecular weight excluding hydrogens is 512 g/mol. The van der Waals surface area contributed by atoms with Crippen LogP contribution < -0.4 is 16.8 Å². The summed E-state index contributed by atoms with van der Waals surface area (Å²) in [6.07, 6.45) is 0.589. The summed E-state index contributed by atoms with van der Waals surface area (Å²) in [6.45, 7) is 0.365. The summed E-state index contributed by atoms with van der Waals surface area (Å²) in [5.74, 6) is -0.466. The Morgan fingerprint density at radius 2 is 2.08 bits per heavy atom. The van der Waals surface area contributed by atoms with Crippen LogP contribution in [0.5, 0.6) is 0 Å². The number of nitrogens with two attached hydrogens (primary N) is 2. The van der Waals surface area contributed by atoms with Crippen LogP contribution in [-0.4, -0.2) is 68.1 Å². The molecule has 1 aromatic carbocycles. The third-order valence-corrected chi connectivity index (χ3v) is 6.01. The standard InChI is InChI=1S/C23H28N10O6/c24-15(3-1-2-8-27-23(36)38-9-13-4-6-14(7-5-13)31-32-26)22(35)39-16-10-37-21(18(16)34)33-12-30-17-19(25)28-11-29-20(17)33/h4-7,11-12,15-16,18,21,34H,1-3,8-10,24H2,(H,27,36)(H2,25,28,29). The van der Waals surface area contributed by atoms with Crippen LogP contribution in [0.25, 0.3) is 21.6 Å². The number of carbonyl (C=O) groups excluding carboxylic acids is 2. The molecule has 2 aromatic heterocycles. The third-order valence-electron chi connectivity index (χ3n) is 6.01. The molecule has 0 radical (unpaired) electrons. The van der Waals surface area contributed by atoms with Gasteiger partial charge in [-0.15, -0.1) is 0 Å². The molecule has 1 aliphatic rings. The van der Waals surface area contributed by atoms with Gasteiger partial charge in [-0.3, -0.25) is 9.36 Å². The molecule has 1 aliphatic heterocycles. The number of carbonyl (C=O) groups is 2. The van der Waals surface area contributed by atoms with Crippen molar-refractivity contribution in [1.29, 1.82) is 0 Å². The maximum Gasteiger partial charge on any atom is 0.407 e. The van der Waals surface area contributed by atoms with Gasteiger partial charge in [0.1, 0.15) is 30.6 Å². The van der Waals surface area contributed by atoms with Crippen LogP contribution in [0.3, 0.4) is 0 Å². The topological polar surface area (TPSA) is 238 Å². The van der Waals surface area contributed by atoms with Crippen molar-refractivity contribution < 1.29 is 28.9 Å². The van der Waals surface area contributed by atoms with Crippen molar-refractivity contribution >= 4 is 34.7 Å². The number of aromatic nitrogens is 4. The molecule has 4 unspecified atom stereocenters. The maximum atomic E-state index is 12.5. The number of fused-ring (bicyclic) bond motifs is 1. The van der Waals surface area contributed by atoms with Gasteiger partial charge < -0.3 is 36.1 Å². The number of nitrogens with zero attached hydrogens (tertiary/aromatic N) is 7. The number of azide groups is 1. The van der Waals surface area contributed by atoms with Crippen molar-refractivity contribution in [3.05, 3.63) is 52.9 Å². The Hall–Kier alpha value is -4.50. The summed E-state index contributed by atoms with van der Waals surface area (Å²) >= 11 is 0. The minimum absolute atomic E-state index is 0.0332. The predicted molar refractivity (Wildman–Crippen MR) is 136 cm³/mol. The molecule has 4 atom stereocenters. The number of alkyl carbamates (subject to hydrolysis) is 1. The largest absolute Gasteiger partial charge is 0.456 e. The fourth-order valence-electron chi connectivity index (χ4n) is 3.92. The molecule has 0 aliphatic carbocycles. The number of unbranched alkanes of at least 4 members (excludes halogenated alkanes) is 1.